The number of carbonyl (C=O) groups excluding carboxylic acids is 1. The fourth-order valence-corrected chi connectivity index (χ4v) is 3.23. The third-order valence-electron chi connectivity index (χ3n) is 4.37. The lowest BCUT2D eigenvalue weighted by Gasteiger charge is -2.11. The summed E-state index contributed by atoms with van der Waals surface area (Å²) in [5, 5.41) is 7.27. The number of amides is 1. The predicted molar refractivity (Wildman–Crippen MR) is 106 cm³/mol. The minimum absolute atomic E-state index is 0.0145. The summed E-state index contributed by atoms with van der Waals surface area (Å²) in [7, 11) is 0. The van der Waals surface area contributed by atoms with E-state index in [1.54, 1.807) is 29.8 Å². The molecule has 1 heterocycles. The van der Waals surface area contributed by atoms with Crippen LogP contribution in [0.1, 0.15) is 32.7 Å². The lowest BCUT2D eigenvalue weighted by Crippen LogP contribution is -2.24. The quantitative estimate of drug-likeness (QED) is 0.602. The Hall–Kier alpha value is -2.93. The van der Waals surface area contributed by atoms with Gasteiger partial charge in [0.05, 0.1) is 17.8 Å². The summed E-state index contributed by atoms with van der Waals surface area (Å²) in [5.74, 6) is -0.421. The van der Waals surface area contributed by atoms with Gasteiger partial charge >= 0.3 is 6.61 Å². The molecule has 29 heavy (non-hydrogen) atoms. The van der Waals surface area contributed by atoms with Crippen LogP contribution in [0.2, 0.25) is 5.15 Å². The first-order valence-electron chi connectivity index (χ1n) is 8.94. The number of hydrogen-bond donors (Lipinski definition) is 1. The van der Waals surface area contributed by atoms with Crippen molar-refractivity contribution in [1.82, 2.24) is 15.1 Å². The lowest BCUT2D eigenvalue weighted by molar-refractivity contribution is -0.0504. The smallest absolute Gasteiger partial charge is 0.387 e. The molecule has 0 fully saturated rings. The number of alkyl halides is 2. The van der Waals surface area contributed by atoms with Crippen LogP contribution in [0, 0.1) is 13.8 Å². The molecule has 0 radical (unpaired) electrons. The molecule has 5 nitrogen and oxygen atoms in total. The highest BCUT2D eigenvalue weighted by atomic mass is 35.5. The molecular formula is C21H20ClF2N3O2. The molecule has 1 aromatic heterocycles. The first kappa shape index (κ1) is 20.8. The van der Waals surface area contributed by atoms with Crippen LogP contribution in [0.5, 0.6) is 5.75 Å². The van der Waals surface area contributed by atoms with E-state index in [1.807, 2.05) is 31.2 Å². The summed E-state index contributed by atoms with van der Waals surface area (Å²) >= 11 is 6.40. The Morgan fingerprint density at radius 2 is 1.86 bits per heavy atom. The van der Waals surface area contributed by atoms with Crippen LogP contribution >= 0.6 is 11.6 Å². The fraction of sp³-hybridized carbons (Fsp3) is 0.238. The molecule has 1 N–H and O–H groups in total. The Labute approximate surface area is 172 Å². The molecule has 0 spiro atoms. The zero-order valence-electron chi connectivity index (χ0n) is 16.0. The molecule has 0 aliphatic heterocycles. The van der Waals surface area contributed by atoms with Crippen molar-refractivity contribution in [1.29, 1.82) is 0 Å². The largest absolute Gasteiger partial charge is 0.434 e. The lowest BCUT2D eigenvalue weighted by atomic mass is 10.1. The van der Waals surface area contributed by atoms with Gasteiger partial charge < -0.3 is 10.1 Å². The van der Waals surface area contributed by atoms with Gasteiger partial charge in [0.25, 0.3) is 5.91 Å². The summed E-state index contributed by atoms with van der Waals surface area (Å²) in [6.45, 7) is 1.20. The number of nitrogens with one attached hydrogen (secondary N) is 1. The first-order chi connectivity index (χ1) is 13.8. The molecule has 1 amide bonds. The van der Waals surface area contributed by atoms with E-state index in [4.69, 9.17) is 11.6 Å². The molecule has 0 bridgehead atoms. The maximum absolute atomic E-state index is 12.7. The van der Waals surface area contributed by atoms with Crippen LogP contribution in [-0.2, 0) is 13.1 Å². The standard InChI is InChI=1S/C21H20ClF2N3O2/c1-13-7-9-15(10-8-13)12-27-19(22)18(14(2)26-27)20(28)25-11-16-5-3-4-6-17(16)29-21(23)24/h3-10,21H,11-12H2,1-2H3,(H,25,28). The second kappa shape index (κ2) is 9.05. The number of rotatable bonds is 7. The number of halogens is 3. The molecule has 0 atom stereocenters. The summed E-state index contributed by atoms with van der Waals surface area (Å²) in [5.41, 5.74) is 3.32. The highest BCUT2D eigenvalue weighted by molar-refractivity contribution is 6.33. The van der Waals surface area contributed by atoms with E-state index < -0.39 is 12.5 Å². The molecule has 8 heteroatoms. The molecule has 0 aliphatic carbocycles. The predicted octanol–water partition coefficient (Wildman–Crippen LogP) is 4.73. The molecule has 0 saturated carbocycles. The zero-order valence-corrected chi connectivity index (χ0v) is 16.7. The molecule has 3 rings (SSSR count). The Kier molecular flexibility index (Phi) is 6.49. The highest BCUT2D eigenvalue weighted by Crippen LogP contribution is 2.23. The number of benzene rings is 2. The molecule has 0 unspecified atom stereocenters. The van der Waals surface area contributed by atoms with Gasteiger partial charge in [0.1, 0.15) is 10.9 Å². The highest BCUT2D eigenvalue weighted by Gasteiger charge is 2.21. The number of hydrogen-bond acceptors (Lipinski definition) is 3. The van der Waals surface area contributed by atoms with Gasteiger partial charge in [0, 0.05) is 12.1 Å². The van der Waals surface area contributed by atoms with Crippen LogP contribution < -0.4 is 10.1 Å². The normalized spacial score (nSPS) is 11.0. The van der Waals surface area contributed by atoms with Crippen LogP contribution in [0.15, 0.2) is 48.5 Å². The molecule has 152 valence electrons. The van der Waals surface area contributed by atoms with Crippen molar-refractivity contribution in [3.63, 3.8) is 0 Å². The minimum Gasteiger partial charge on any atom is -0.434 e. The van der Waals surface area contributed by atoms with Gasteiger partial charge in [0.2, 0.25) is 0 Å². The van der Waals surface area contributed by atoms with E-state index in [-0.39, 0.29) is 23.0 Å². The van der Waals surface area contributed by atoms with E-state index in [0.29, 0.717) is 17.8 Å². The Balaban J connectivity index is 1.73. The third kappa shape index (κ3) is 5.12. The fourth-order valence-electron chi connectivity index (χ4n) is 2.91. The van der Waals surface area contributed by atoms with Gasteiger partial charge in [-0.25, -0.2) is 4.68 Å². The Morgan fingerprint density at radius 1 is 1.17 bits per heavy atom. The van der Waals surface area contributed by atoms with Crippen LogP contribution in [0.4, 0.5) is 8.78 Å². The number of para-hydroxylation sites is 1. The van der Waals surface area contributed by atoms with Crippen molar-refractivity contribution in [3.8, 4) is 5.75 Å². The maximum atomic E-state index is 12.7. The monoisotopic (exact) mass is 419 g/mol. The maximum Gasteiger partial charge on any atom is 0.387 e. The van der Waals surface area contributed by atoms with E-state index in [0.717, 1.165) is 11.1 Å². The number of carbonyl (C=O) groups is 1. The molecular weight excluding hydrogens is 400 g/mol. The van der Waals surface area contributed by atoms with Gasteiger partial charge in [-0.05, 0) is 25.5 Å². The van der Waals surface area contributed by atoms with E-state index in [9.17, 15) is 13.6 Å². The van der Waals surface area contributed by atoms with Crippen molar-refractivity contribution in [2.24, 2.45) is 0 Å². The van der Waals surface area contributed by atoms with E-state index in [2.05, 4.69) is 15.2 Å². The van der Waals surface area contributed by atoms with Crippen molar-refractivity contribution in [3.05, 3.63) is 81.6 Å². The average molecular weight is 420 g/mol. The average Bonchev–Trinajstić information content (AvgIpc) is 2.95. The summed E-state index contributed by atoms with van der Waals surface area (Å²) in [6.07, 6.45) is 0. The van der Waals surface area contributed by atoms with E-state index >= 15 is 0 Å². The van der Waals surface area contributed by atoms with Gasteiger partial charge in [-0.2, -0.15) is 13.9 Å². The van der Waals surface area contributed by atoms with Gasteiger partial charge in [-0.15, -0.1) is 0 Å². The number of aromatic nitrogens is 2. The Bertz CT molecular complexity index is 1000. The Morgan fingerprint density at radius 3 is 2.55 bits per heavy atom. The molecule has 2 aromatic carbocycles. The molecule has 0 aliphatic rings. The van der Waals surface area contributed by atoms with Crippen molar-refractivity contribution in [2.75, 3.05) is 0 Å². The topological polar surface area (TPSA) is 56.2 Å². The molecule has 0 saturated heterocycles. The number of aryl methyl sites for hydroxylation is 2. The second-order valence-corrected chi connectivity index (χ2v) is 6.92. The van der Waals surface area contributed by atoms with Crippen LogP contribution in [0.3, 0.4) is 0 Å². The zero-order chi connectivity index (χ0) is 21.0. The second-order valence-electron chi connectivity index (χ2n) is 6.56. The van der Waals surface area contributed by atoms with Crippen molar-refractivity contribution >= 4 is 17.5 Å². The van der Waals surface area contributed by atoms with Gasteiger partial charge in [-0.3, -0.25) is 4.79 Å². The third-order valence-corrected chi connectivity index (χ3v) is 4.76. The number of nitrogens with zero attached hydrogens (tertiary/aromatic N) is 2. The first-order valence-corrected chi connectivity index (χ1v) is 9.32. The van der Waals surface area contributed by atoms with Crippen molar-refractivity contribution in [2.45, 2.75) is 33.5 Å². The van der Waals surface area contributed by atoms with Gasteiger partial charge in [-0.1, -0.05) is 59.6 Å². The van der Waals surface area contributed by atoms with Crippen LogP contribution in [0.25, 0.3) is 0 Å². The van der Waals surface area contributed by atoms with E-state index in [1.165, 1.54) is 6.07 Å². The number of ether oxygens (including phenoxy) is 1. The SMILES string of the molecule is Cc1ccc(Cn2nc(C)c(C(=O)NCc3ccccc3OC(F)F)c2Cl)cc1. The van der Waals surface area contributed by atoms with Gasteiger partial charge in [0.15, 0.2) is 0 Å². The summed E-state index contributed by atoms with van der Waals surface area (Å²) in [6, 6.07) is 14.2. The van der Waals surface area contributed by atoms with Crippen molar-refractivity contribution < 1.29 is 18.3 Å². The summed E-state index contributed by atoms with van der Waals surface area (Å²) in [4.78, 5) is 12.7. The molecule has 3 aromatic rings. The minimum atomic E-state index is -2.94. The summed E-state index contributed by atoms with van der Waals surface area (Å²) < 4.78 is 31.1. The van der Waals surface area contributed by atoms with Crippen LogP contribution in [-0.4, -0.2) is 22.3 Å².